The minimum Gasteiger partial charge on any atom is -0.344 e. The van der Waals surface area contributed by atoms with Crippen LogP contribution in [0.4, 0.5) is 4.39 Å². The van der Waals surface area contributed by atoms with E-state index in [1.165, 1.54) is 6.07 Å². The number of nitrogens with zero attached hydrogens (tertiary/aromatic N) is 3. The molecule has 1 aliphatic heterocycles. The molecular weight excluding hydrogens is 396 g/mol. The summed E-state index contributed by atoms with van der Waals surface area (Å²) >= 11 is 7.87. The highest BCUT2D eigenvalue weighted by Crippen LogP contribution is 2.30. The molecule has 1 fully saturated rings. The van der Waals surface area contributed by atoms with Gasteiger partial charge in [0.15, 0.2) is 0 Å². The van der Waals surface area contributed by atoms with Crippen molar-refractivity contribution in [2.45, 2.75) is 18.3 Å². The number of likely N-dealkylation sites (tertiary alicyclic amines) is 1. The van der Waals surface area contributed by atoms with Gasteiger partial charge < -0.3 is 9.47 Å². The number of likely N-dealkylation sites (N-methyl/N-ethyl adjacent to an activating group) is 1. The molecule has 0 aliphatic carbocycles. The van der Waals surface area contributed by atoms with E-state index < -0.39 is 0 Å². The Morgan fingerprint density at radius 1 is 1.55 bits per heavy atom. The van der Waals surface area contributed by atoms with E-state index in [-0.39, 0.29) is 23.6 Å². The van der Waals surface area contributed by atoms with Crippen LogP contribution in [0.25, 0.3) is 11.0 Å². The smallest absolute Gasteiger partial charge is 0.245 e. The van der Waals surface area contributed by atoms with Crippen LogP contribution in [0.5, 0.6) is 0 Å². The first-order valence-electron chi connectivity index (χ1n) is 6.19. The molecule has 1 amide bonds. The lowest BCUT2D eigenvalue weighted by molar-refractivity contribution is -0.129. The molecule has 4 nitrogen and oxygen atoms in total. The van der Waals surface area contributed by atoms with Gasteiger partial charge in [0.1, 0.15) is 17.7 Å². The summed E-state index contributed by atoms with van der Waals surface area (Å²) in [4.78, 5) is 18.3. The van der Waals surface area contributed by atoms with Crippen molar-refractivity contribution in [2.24, 2.45) is 0 Å². The van der Waals surface area contributed by atoms with Crippen molar-refractivity contribution in [3.63, 3.8) is 0 Å². The zero-order valence-corrected chi connectivity index (χ0v) is 13.7. The summed E-state index contributed by atoms with van der Waals surface area (Å²) < 4.78 is 16.1. The van der Waals surface area contributed by atoms with Crippen LogP contribution in [-0.4, -0.2) is 34.0 Å². The Morgan fingerprint density at radius 2 is 2.30 bits per heavy atom. The van der Waals surface area contributed by atoms with E-state index >= 15 is 0 Å². The van der Waals surface area contributed by atoms with Crippen LogP contribution in [0, 0.1) is 9.39 Å². The van der Waals surface area contributed by atoms with E-state index in [1.807, 2.05) is 22.6 Å². The number of imidazole rings is 1. The van der Waals surface area contributed by atoms with Crippen LogP contribution >= 0.6 is 34.2 Å². The first-order chi connectivity index (χ1) is 9.52. The number of halogens is 3. The van der Waals surface area contributed by atoms with Crippen LogP contribution in [0.1, 0.15) is 18.3 Å². The van der Waals surface area contributed by atoms with Gasteiger partial charge in [-0.25, -0.2) is 9.37 Å². The highest BCUT2D eigenvalue weighted by atomic mass is 127. The first kappa shape index (κ1) is 14.1. The average molecular weight is 408 g/mol. The number of amides is 1. The first-order valence-corrected chi connectivity index (χ1v) is 7.81. The number of benzene rings is 1. The molecule has 1 saturated heterocycles. The van der Waals surface area contributed by atoms with E-state index in [9.17, 15) is 9.18 Å². The molecule has 3 rings (SSSR count). The maximum atomic E-state index is 13.8. The number of carbonyl (C=O) groups is 1. The number of alkyl halides is 1. The summed E-state index contributed by atoms with van der Waals surface area (Å²) in [6.07, 6.45) is 0.693. The number of aromatic nitrogens is 2. The lowest BCUT2D eigenvalue weighted by Crippen LogP contribution is -2.25. The summed E-state index contributed by atoms with van der Waals surface area (Å²) in [6, 6.07) is 2.78. The van der Waals surface area contributed by atoms with Gasteiger partial charge in [-0.15, -0.1) is 11.6 Å². The normalized spacial score (nSPS) is 19.3. The van der Waals surface area contributed by atoms with Crippen molar-refractivity contribution in [3.05, 3.63) is 27.3 Å². The van der Waals surface area contributed by atoms with Gasteiger partial charge in [0.2, 0.25) is 5.91 Å². The molecule has 1 unspecified atom stereocenters. The topological polar surface area (TPSA) is 38.1 Å². The Hall–Kier alpha value is -0.890. The van der Waals surface area contributed by atoms with Crippen LogP contribution in [0.15, 0.2) is 12.1 Å². The molecular formula is C13H12ClFIN3O. The monoisotopic (exact) mass is 407 g/mol. The molecule has 0 spiro atoms. The largest absolute Gasteiger partial charge is 0.344 e. The van der Waals surface area contributed by atoms with Gasteiger partial charge in [0, 0.05) is 19.7 Å². The number of hydrogen-bond acceptors (Lipinski definition) is 2. The molecule has 1 aliphatic rings. The molecule has 2 aromatic rings. The van der Waals surface area contributed by atoms with Gasteiger partial charge in [0.25, 0.3) is 0 Å². The van der Waals surface area contributed by atoms with Gasteiger partial charge in [-0.1, -0.05) is 0 Å². The number of hydrogen-bond donors (Lipinski definition) is 0. The van der Waals surface area contributed by atoms with Crippen molar-refractivity contribution in [1.82, 2.24) is 14.5 Å². The van der Waals surface area contributed by atoms with E-state index in [0.717, 1.165) is 0 Å². The molecule has 7 heteroatoms. The third kappa shape index (κ3) is 2.09. The fraction of sp³-hybridized carbons (Fsp3) is 0.385. The maximum Gasteiger partial charge on any atom is 0.245 e. The minimum atomic E-state index is -0.335. The van der Waals surface area contributed by atoms with E-state index in [4.69, 9.17) is 11.6 Å². The van der Waals surface area contributed by atoms with Crippen LogP contribution < -0.4 is 0 Å². The van der Waals surface area contributed by atoms with E-state index in [2.05, 4.69) is 4.98 Å². The second-order valence-corrected chi connectivity index (χ2v) is 6.28. The summed E-state index contributed by atoms with van der Waals surface area (Å²) in [6.45, 7) is 0.692. The maximum absolute atomic E-state index is 13.8. The Morgan fingerprint density at radius 3 is 2.90 bits per heavy atom. The molecule has 1 aromatic heterocycles. The van der Waals surface area contributed by atoms with Crippen LogP contribution in [-0.2, 0) is 10.7 Å². The summed E-state index contributed by atoms with van der Waals surface area (Å²) in [7, 11) is 1.77. The Kier molecular flexibility index (Phi) is 3.62. The molecule has 1 atom stereocenters. The van der Waals surface area contributed by atoms with Crippen molar-refractivity contribution in [2.75, 3.05) is 13.6 Å². The Labute approximate surface area is 134 Å². The summed E-state index contributed by atoms with van der Waals surface area (Å²) in [5.41, 5.74) is 1.31. The second kappa shape index (κ2) is 5.14. The van der Waals surface area contributed by atoms with Crippen molar-refractivity contribution in [1.29, 1.82) is 0 Å². The molecule has 106 valence electrons. The van der Waals surface area contributed by atoms with Crippen LogP contribution in [0.2, 0.25) is 0 Å². The predicted octanol–water partition coefficient (Wildman–Crippen LogP) is 2.92. The van der Waals surface area contributed by atoms with E-state index in [0.29, 0.717) is 33.4 Å². The molecule has 20 heavy (non-hydrogen) atoms. The number of carbonyl (C=O) groups excluding carboxylic acids is 1. The number of rotatable bonds is 2. The fourth-order valence-electron chi connectivity index (χ4n) is 2.63. The zero-order valence-electron chi connectivity index (χ0n) is 10.7. The van der Waals surface area contributed by atoms with Crippen molar-refractivity contribution in [3.8, 4) is 0 Å². The highest BCUT2D eigenvalue weighted by Gasteiger charge is 2.33. The van der Waals surface area contributed by atoms with Crippen molar-refractivity contribution >= 4 is 51.1 Å². The summed E-state index contributed by atoms with van der Waals surface area (Å²) in [5, 5.41) is 0. The molecule has 0 bridgehead atoms. The molecule has 0 saturated carbocycles. The standard InChI is InChI=1S/C13H12ClFIN3O/c1-18-3-2-10(13(18)20)19-11-4-7(15)8(16)5-9(11)17-12(19)6-14/h4-5,10H,2-3,6H2,1H3. The summed E-state index contributed by atoms with van der Waals surface area (Å²) in [5.74, 6) is 0.519. The highest BCUT2D eigenvalue weighted by molar-refractivity contribution is 14.1. The van der Waals surface area contributed by atoms with E-state index in [1.54, 1.807) is 22.6 Å². The fourth-order valence-corrected chi connectivity index (χ4v) is 3.27. The lowest BCUT2D eigenvalue weighted by Gasteiger charge is -2.15. The minimum absolute atomic E-state index is 0.0228. The Balaban J connectivity index is 2.23. The molecule has 1 aromatic carbocycles. The van der Waals surface area contributed by atoms with Gasteiger partial charge in [-0.05, 0) is 35.1 Å². The molecule has 0 radical (unpaired) electrons. The van der Waals surface area contributed by atoms with Gasteiger partial charge in [-0.3, -0.25) is 4.79 Å². The van der Waals surface area contributed by atoms with Gasteiger partial charge in [-0.2, -0.15) is 0 Å². The quantitative estimate of drug-likeness (QED) is 0.567. The Bertz CT molecular complexity index is 702. The third-order valence-electron chi connectivity index (χ3n) is 3.64. The third-order valence-corrected chi connectivity index (χ3v) is 4.70. The predicted molar refractivity (Wildman–Crippen MR) is 83.3 cm³/mol. The van der Waals surface area contributed by atoms with Gasteiger partial charge >= 0.3 is 0 Å². The van der Waals surface area contributed by atoms with Crippen molar-refractivity contribution < 1.29 is 9.18 Å². The molecule has 2 heterocycles. The number of fused-ring (bicyclic) bond motifs is 1. The average Bonchev–Trinajstić information content (AvgIpc) is 2.92. The molecule has 0 N–H and O–H groups in total. The SMILES string of the molecule is CN1CCC(n2c(CCl)nc3cc(I)c(F)cc32)C1=O. The second-order valence-electron chi connectivity index (χ2n) is 4.85. The zero-order chi connectivity index (χ0) is 14.4. The van der Waals surface area contributed by atoms with Gasteiger partial charge in [0.05, 0.1) is 20.5 Å². The lowest BCUT2D eigenvalue weighted by atomic mass is 10.2. The van der Waals surface area contributed by atoms with Crippen LogP contribution in [0.3, 0.4) is 0 Å².